The number of nitrogens with one attached hydrogen (secondary N) is 1. The molecule has 1 heterocycles. The van der Waals surface area contributed by atoms with Crippen LogP contribution < -0.4 is 11.3 Å². The molecule has 0 saturated carbocycles. The van der Waals surface area contributed by atoms with Crippen LogP contribution in [0.4, 0.5) is 0 Å². The van der Waals surface area contributed by atoms with Crippen molar-refractivity contribution in [3.8, 4) is 0 Å². The molecule has 5 heteroatoms. The second-order valence-corrected chi connectivity index (χ2v) is 6.25. The Hall–Kier alpha value is -1.36. The van der Waals surface area contributed by atoms with E-state index in [9.17, 15) is 0 Å². The summed E-state index contributed by atoms with van der Waals surface area (Å²) < 4.78 is 1.73. The van der Waals surface area contributed by atoms with Crippen molar-refractivity contribution in [3.63, 3.8) is 0 Å². The Morgan fingerprint density at radius 2 is 2.00 bits per heavy atom. The largest absolute Gasteiger partial charge is 0.271 e. The number of rotatable bonds is 4. The summed E-state index contributed by atoms with van der Waals surface area (Å²) in [6.45, 7) is 2.00. The van der Waals surface area contributed by atoms with Gasteiger partial charge in [0.15, 0.2) is 0 Å². The SMILES string of the molecule is Cc1nn(C)c(Cl)c1CC(NN)C1Cc2ccccc2C1. The zero-order valence-electron chi connectivity index (χ0n) is 12.4. The Morgan fingerprint density at radius 3 is 2.48 bits per heavy atom. The molecule has 3 rings (SSSR count). The average molecular weight is 305 g/mol. The lowest BCUT2D eigenvalue weighted by molar-refractivity contribution is 0.366. The molecule has 0 bridgehead atoms. The number of aryl methyl sites for hydroxylation is 2. The summed E-state index contributed by atoms with van der Waals surface area (Å²) >= 11 is 6.34. The second-order valence-electron chi connectivity index (χ2n) is 5.89. The molecule has 112 valence electrons. The first-order valence-corrected chi connectivity index (χ1v) is 7.68. The molecular weight excluding hydrogens is 284 g/mol. The summed E-state index contributed by atoms with van der Waals surface area (Å²) in [5, 5.41) is 5.09. The lowest BCUT2D eigenvalue weighted by Gasteiger charge is -2.22. The molecule has 0 spiro atoms. The molecule has 0 fully saturated rings. The van der Waals surface area contributed by atoms with Crippen molar-refractivity contribution in [1.29, 1.82) is 0 Å². The number of nitrogens with zero attached hydrogens (tertiary/aromatic N) is 2. The van der Waals surface area contributed by atoms with Gasteiger partial charge in [-0.05, 0) is 43.2 Å². The second kappa shape index (κ2) is 5.79. The highest BCUT2D eigenvalue weighted by Crippen LogP contribution is 2.31. The van der Waals surface area contributed by atoms with Crippen molar-refractivity contribution in [2.45, 2.75) is 32.2 Å². The minimum atomic E-state index is 0.206. The van der Waals surface area contributed by atoms with E-state index in [1.54, 1.807) is 4.68 Å². The summed E-state index contributed by atoms with van der Waals surface area (Å²) in [4.78, 5) is 0. The maximum absolute atomic E-state index is 6.34. The van der Waals surface area contributed by atoms with Crippen LogP contribution in [-0.2, 0) is 26.3 Å². The third-order valence-corrected chi connectivity index (χ3v) is 5.03. The summed E-state index contributed by atoms with van der Waals surface area (Å²) in [7, 11) is 1.87. The lowest BCUT2D eigenvalue weighted by Crippen LogP contribution is -2.43. The highest BCUT2D eigenvalue weighted by Gasteiger charge is 2.29. The fourth-order valence-electron chi connectivity index (χ4n) is 3.36. The number of hydrogen-bond donors (Lipinski definition) is 2. The topological polar surface area (TPSA) is 55.9 Å². The van der Waals surface area contributed by atoms with Gasteiger partial charge >= 0.3 is 0 Å². The van der Waals surface area contributed by atoms with Gasteiger partial charge in [-0.2, -0.15) is 5.10 Å². The number of fused-ring (bicyclic) bond motifs is 1. The molecule has 1 aliphatic rings. The van der Waals surface area contributed by atoms with Crippen LogP contribution in [-0.4, -0.2) is 15.8 Å². The van der Waals surface area contributed by atoms with E-state index in [2.05, 4.69) is 34.8 Å². The minimum absolute atomic E-state index is 0.206. The van der Waals surface area contributed by atoms with Crippen molar-refractivity contribution >= 4 is 11.6 Å². The van der Waals surface area contributed by atoms with Gasteiger partial charge in [0.1, 0.15) is 5.15 Å². The van der Waals surface area contributed by atoms with Crippen LogP contribution >= 0.6 is 11.6 Å². The van der Waals surface area contributed by atoms with E-state index in [1.807, 2.05) is 14.0 Å². The fraction of sp³-hybridized carbons (Fsp3) is 0.438. The number of aromatic nitrogens is 2. The smallest absolute Gasteiger partial charge is 0.130 e. The van der Waals surface area contributed by atoms with Gasteiger partial charge in [-0.1, -0.05) is 35.9 Å². The Kier molecular flexibility index (Phi) is 4.02. The molecule has 1 aromatic carbocycles. The van der Waals surface area contributed by atoms with E-state index in [0.717, 1.165) is 30.5 Å². The van der Waals surface area contributed by atoms with Crippen LogP contribution in [0.3, 0.4) is 0 Å². The predicted molar refractivity (Wildman–Crippen MR) is 85.1 cm³/mol. The van der Waals surface area contributed by atoms with Crippen LogP contribution in [0.25, 0.3) is 0 Å². The third-order valence-electron chi connectivity index (χ3n) is 4.56. The summed E-state index contributed by atoms with van der Waals surface area (Å²) in [5.74, 6) is 6.32. The van der Waals surface area contributed by atoms with E-state index >= 15 is 0 Å². The minimum Gasteiger partial charge on any atom is -0.271 e. The highest BCUT2D eigenvalue weighted by molar-refractivity contribution is 6.30. The molecule has 1 unspecified atom stereocenters. The van der Waals surface area contributed by atoms with E-state index in [4.69, 9.17) is 17.4 Å². The first-order chi connectivity index (χ1) is 10.1. The van der Waals surface area contributed by atoms with E-state index in [1.165, 1.54) is 11.1 Å². The number of halogens is 1. The molecule has 21 heavy (non-hydrogen) atoms. The van der Waals surface area contributed by atoms with Gasteiger partial charge in [-0.3, -0.25) is 16.0 Å². The molecule has 2 aromatic rings. The van der Waals surface area contributed by atoms with Gasteiger partial charge < -0.3 is 0 Å². The van der Waals surface area contributed by atoms with Gasteiger partial charge in [0.25, 0.3) is 0 Å². The molecule has 1 atom stereocenters. The zero-order chi connectivity index (χ0) is 15.0. The highest BCUT2D eigenvalue weighted by atomic mass is 35.5. The molecule has 4 nitrogen and oxygen atoms in total. The van der Waals surface area contributed by atoms with Gasteiger partial charge in [0.05, 0.1) is 5.69 Å². The molecule has 1 aromatic heterocycles. The summed E-state index contributed by atoms with van der Waals surface area (Å²) in [6, 6.07) is 8.84. The van der Waals surface area contributed by atoms with Gasteiger partial charge in [0, 0.05) is 18.7 Å². The van der Waals surface area contributed by atoms with Crippen LogP contribution in [0, 0.1) is 12.8 Å². The quantitative estimate of drug-likeness (QED) is 0.672. The van der Waals surface area contributed by atoms with Crippen LogP contribution in [0.15, 0.2) is 24.3 Å². The first kappa shape index (κ1) is 14.6. The molecule has 0 amide bonds. The van der Waals surface area contributed by atoms with Crippen LogP contribution in [0.1, 0.15) is 22.4 Å². The van der Waals surface area contributed by atoms with Crippen molar-refractivity contribution in [1.82, 2.24) is 15.2 Å². The first-order valence-electron chi connectivity index (χ1n) is 7.31. The van der Waals surface area contributed by atoms with Crippen molar-refractivity contribution in [2.24, 2.45) is 18.8 Å². The Bertz CT molecular complexity index is 625. The van der Waals surface area contributed by atoms with Crippen molar-refractivity contribution < 1.29 is 0 Å². The molecule has 0 aliphatic heterocycles. The van der Waals surface area contributed by atoms with Crippen molar-refractivity contribution in [3.05, 3.63) is 51.8 Å². The normalized spacial score (nSPS) is 16.2. The Balaban J connectivity index is 1.78. The average Bonchev–Trinajstić information content (AvgIpc) is 3.00. The third kappa shape index (κ3) is 2.71. The van der Waals surface area contributed by atoms with E-state index in [-0.39, 0.29) is 6.04 Å². The van der Waals surface area contributed by atoms with E-state index in [0.29, 0.717) is 11.1 Å². The fourth-order valence-corrected chi connectivity index (χ4v) is 3.62. The monoisotopic (exact) mass is 304 g/mol. The Labute approximate surface area is 130 Å². The number of benzene rings is 1. The van der Waals surface area contributed by atoms with Gasteiger partial charge in [0.2, 0.25) is 0 Å². The lowest BCUT2D eigenvalue weighted by atomic mass is 9.92. The Morgan fingerprint density at radius 1 is 1.38 bits per heavy atom. The van der Waals surface area contributed by atoms with Crippen molar-refractivity contribution in [2.75, 3.05) is 0 Å². The van der Waals surface area contributed by atoms with Gasteiger partial charge in [-0.25, -0.2) is 0 Å². The summed E-state index contributed by atoms with van der Waals surface area (Å²) in [5.41, 5.74) is 7.96. The maximum Gasteiger partial charge on any atom is 0.130 e. The van der Waals surface area contributed by atoms with Crippen LogP contribution in [0.2, 0.25) is 5.15 Å². The van der Waals surface area contributed by atoms with E-state index < -0.39 is 0 Å². The number of nitrogens with two attached hydrogens (primary N) is 1. The molecule has 1 aliphatic carbocycles. The molecule has 3 N–H and O–H groups in total. The molecule has 0 saturated heterocycles. The molecule has 0 radical (unpaired) electrons. The maximum atomic E-state index is 6.34. The molecular formula is C16H21ClN4. The summed E-state index contributed by atoms with van der Waals surface area (Å²) in [6.07, 6.45) is 2.96. The standard InChI is InChI=1S/C16H21ClN4/c1-10-14(16(17)21(2)20-10)9-15(19-18)13-7-11-5-3-4-6-12(11)8-13/h3-6,13,15,19H,7-9,18H2,1-2H3. The predicted octanol–water partition coefficient (Wildman–Crippen LogP) is 2.17. The number of hydrogen-bond acceptors (Lipinski definition) is 3. The number of hydrazine groups is 1. The van der Waals surface area contributed by atoms with Gasteiger partial charge in [-0.15, -0.1) is 0 Å². The van der Waals surface area contributed by atoms with Crippen LogP contribution in [0.5, 0.6) is 0 Å². The zero-order valence-corrected chi connectivity index (χ0v) is 13.2.